The second kappa shape index (κ2) is 7.92. The first kappa shape index (κ1) is 16.5. The molecule has 1 aromatic carbocycles. The summed E-state index contributed by atoms with van der Waals surface area (Å²) in [6.45, 7) is 8.60. The number of benzene rings is 1. The standard InChI is InChI=1S/C16H26N2O2S/c1-12(2)18(3)6-5-17-11-13-9-14-15(10-16(13)21-4)20-8-7-19-14/h9-10,12,17H,5-8,11H2,1-4H3. The van der Waals surface area contributed by atoms with E-state index < -0.39 is 0 Å². The number of rotatable bonds is 7. The minimum Gasteiger partial charge on any atom is -0.486 e. The first-order chi connectivity index (χ1) is 10.1. The van der Waals surface area contributed by atoms with Gasteiger partial charge in [0, 0.05) is 30.6 Å². The van der Waals surface area contributed by atoms with E-state index in [0.29, 0.717) is 19.3 Å². The van der Waals surface area contributed by atoms with Crippen molar-refractivity contribution in [2.75, 3.05) is 39.6 Å². The molecule has 2 rings (SSSR count). The molecule has 0 aliphatic carbocycles. The Morgan fingerprint density at radius 1 is 1.24 bits per heavy atom. The van der Waals surface area contributed by atoms with Crippen molar-refractivity contribution in [1.29, 1.82) is 0 Å². The molecular weight excluding hydrogens is 284 g/mol. The molecule has 1 N–H and O–H groups in total. The molecule has 1 aliphatic heterocycles. The van der Waals surface area contributed by atoms with E-state index >= 15 is 0 Å². The number of nitrogens with one attached hydrogen (secondary N) is 1. The van der Waals surface area contributed by atoms with Gasteiger partial charge in [-0.1, -0.05) is 0 Å². The Hall–Kier alpha value is -0.910. The van der Waals surface area contributed by atoms with Gasteiger partial charge < -0.3 is 19.7 Å². The van der Waals surface area contributed by atoms with Crippen molar-refractivity contribution < 1.29 is 9.47 Å². The van der Waals surface area contributed by atoms with Crippen LogP contribution in [-0.4, -0.2) is 50.5 Å². The Balaban J connectivity index is 1.93. The molecule has 1 aliphatic rings. The van der Waals surface area contributed by atoms with Crippen molar-refractivity contribution in [3.63, 3.8) is 0 Å². The lowest BCUT2D eigenvalue weighted by Gasteiger charge is -2.22. The van der Waals surface area contributed by atoms with Crippen LogP contribution in [0, 0.1) is 0 Å². The summed E-state index contributed by atoms with van der Waals surface area (Å²) in [6.07, 6.45) is 2.10. The van der Waals surface area contributed by atoms with Crippen LogP contribution in [0.2, 0.25) is 0 Å². The zero-order valence-electron chi connectivity index (χ0n) is 13.4. The van der Waals surface area contributed by atoms with Crippen LogP contribution < -0.4 is 14.8 Å². The van der Waals surface area contributed by atoms with Crippen LogP contribution in [0.25, 0.3) is 0 Å². The number of hydrogen-bond acceptors (Lipinski definition) is 5. The van der Waals surface area contributed by atoms with Gasteiger partial charge in [0.15, 0.2) is 11.5 Å². The van der Waals surface area contributed by atoms with Crippen LogP contribution >= 0.6 is 11.8 Å². The molecular formula is C16H26N2O2S. The van der Waals surface area contributed by atoms with Crippen LogP contribution in [0.1, 0.15) is 19.4 Å². The van der Waals surface area contributed by atoms with E-state index in [2.05, 4.69) is 49.5 Å². The van der Waals surface area contributed by atoms with Gasteiger partial charge in [-0.2, -0.15) is 0 Å². The third-order valence-corrected chi connectivity index (χ3v) is 4.60. The van der Waals surface area contributed by atoms with Crippen LogP contribution in [0.15, 0.2) is 17.0 Å². The number of likely N-dealkylation sites (N-methyl/N-ethyl adjacent to an activating group) is 1. The molecule has 118 valence electrons. The van der Waals surface area contributed by atoms with Gasteiger partial charge in [-0.05, 0) is 44.8 Å². The molecule has 1 heterocycles. The highest BCUT2D eigenvalue weighted by molar-refractivity contribution is 7.98. The quantitative estimate of drug-likeness (QED) is 0.618. The molecule has 5 heteroatoms. The number of nitrogens with zero attached hydrogens (tertiary/aromatic N) is 1. The number of hydrogen-bond donors (Lipinski definition) is 1. The van der Waals surface area contributed by atoms with E-state index in [9.17, 15) is 0 Å². The molecule has 0 saturated heterocycles. The first-order valence-corrected chi connectivity index (χ1v) is 8.71. The lowest BCUT2D eigenvalue weighted by atomic mass is 10.2. The van der Waals surface area contributed by atoms with E-state index in [1.165, 1.54) is 10.5 Å². The average molecular weight is 310 g/mol. The summed E-state index contributed by atoms with van der Waals surface area (Å²) in [5, 5.41) is 3.52. The Morgan fingerprint density at radius 2 is 1.90 bits per heavy atom. The molecule has 0 radical (unpaired) electrons. The van der Waals surface area contributed by atoms with Gasteiger partial charge in [0.25, 0.3) is 0 Å². The van der Waals surface area contributed by atoms with Crippen molar-refractivity contribution in [1.82, 2.24) is 10.2 Å². The van der Waals surface area contributed by atoms with Crippen molar-refractivity contribution in [2.45, 2.75) is 31.3 Å². The van der Waals surface area contributed by atoms with E-state index in [-0.39, 0.29) is 0 Å². The number of ether oxygens (including phenoxy) is 2. The second-order valence-corrected chi connectivity index (χ2v) is 6.41. The molecule has 21 heavy (non-hydrogen) atoms. The molecule has 0 spiro atoms. The van der Waals surface area contributed by atoms with Gasteiger partial charge in [-0.25, -0.2) is 0 Å². The first-order valence-electron chi connectivity index (χ1n) is 7.49. The predicted molar refractivity (Wildman–Crippen MR) is 88.7 cm³/mol. The zero-order valence-corrected chi connectivity index (χ0v) is 14.3. The third-order valence-electron chi connectivity index (χ3n) is 3.78. The van der Waals surface area contributed by atoms with Gasteiger partial charge in [0.05, 0.1) is 0 Å². The fourth-order valence-electron chi connectivity index (χ4n) is 2.18. The largest absolute Gasteiger partial charge is 0.486 e. The monoisotopic (exact) mass is 310 g/mol. The minimum absolute atomic E-state index is 0.586. The maximum absolute atomic E-state index is 5.67. The Morgan fingerprint density at radius 3 is 2.52 bits per heavy atom. The molecule has 0 unspecified atom stereocenters. The molecule has 4 nitrogen and oxygen atoms in total. The highest BCUT2D eigenvalue weighted by atomic mass is 32.2. The molecule has 0 fully saturated rings. The summed E-state index contributed by atoms with van der Waals surface area (Å²) < 4.78 is 11.3. The molecule has 0 amide bonds. The summed E-state index contributed by atoms with van der Waals surface area (Å²) >= 11 is 1.75. The summed E-state index contributed by atoms with van der Waals surface area (Å²) in [7, 11) is 2.16. The average Bonchev–Trinajstić information content (AvgIpc) is 2.50. The Bertz CT molecular complexity index is 466. The SMILES string of the molecule is CSc1cc2c(cc1CNCCN(C)C(C)C)OCCO2. The zero-order chi connectivity index (χ0) is 15.2. The summed E-state index contributed by atoms with van der Waals surface area (Å²) in [6, 6.07) is 4.79. The Kier molecular flexibility index (Phi) is 6.21. The van der Waals surface area contributed by atoms with Crippen LogP contribution in [0.5, 0.6) is 11.5 Å². The Labute approximate surface area is 132 Å². The lowest BCUT2D eigenvalue weighted by Crippen LogP contribution is -2.33. The van der Waals surface area contributed by atoms with Crippen molar-refractivity contribution in [3.8, 4) is 11.5 Å². The van der Waals surface area contributed by atoms with E-state index in [1.54, 1.807) is 11.8 Å². The van der Waals surface area contributed by atoms with Crippen molar-refractivity contribution in [3.05, 3.63) is 17.7 Å². The van der Waals surface area contributed by atoms with Gasteiger partial charge >= 0.3 is 0 Å². The summed E-state index contributed by atoms with van der Waals surface area (Å²) in [5.74, 6) is 1.74. The fourth-order valence-corrected chi connectivity index (χ4v) is 2.80. The van der Waals surface area contributed by atoms with Crippen LogP contribution in [0.3, 0.4) is 0 Å². The highest BCUT2D eigenvalue weighted by Crippen LogP contribution is 2.36. The van der Waals surface area contributed by atoms with Crippen LogP contribution in [0.4, 0.5) is 0 Å². The van der Waals surface area contributed by atoms with Gasteiger partial charge in [0.2, 0.25) is 0 Å². The lowest BCUT2D eigenvalue weighted by molar-refractivity contribution is 0.171. The van der Waals surface area contributed by atoms with E-state index in [0.717, 1.165) is 31.1 Å². The number of fused-ring (bicyclic) bond motifs is 1. The molecule has 0 aromatic heterocycles. The highest BCUT2D eigenvalue weighted by Gasteiger charge is 2.15. The predicted octanol–water partition coefficient (Wildman–Crippen LogP) is 2.61. The van der Waals surface area contributed by atoms with Gasteiger partial charge in [-0.3, -0.25) is 0 Å². The molecule has 0 atom stereocenters. The molecule has 1 aromatic rings. The summed E-state index contributed by atoms with van der Waals surface area (Å²) in [4.78, 5) is 3.59. The van der Waals surface area contributed by atoms with Crippen molar-refractivity contribution >= 4 is 11.8 Å². The third kappa shape index (κ3) is 4.53. The normalized spacial score (nSPS) is 14.0. The van der Waals surface area contributed by atoms with Gasteiger partial charge in [-0.15, -0.1) is 11.8 Å². The molecule has 0 bridgehead atoms. The smallest absolute Gasteiger partial charge is 0.162 e. The summed E-state index contributed by atoms with van der Waals surface area (Å²) in [5.41, 5.74) is 1.28. The fraction of sp³-hybridized carbons (Fsp3) is 0.625. The van der Waals surface area contributed by atoms with Gasteiger partial charge in [0.1, 0.15) is 13.2 Å². The van der Waals surface area contributed by atoms with Crippen molar-refractivity contribution in [2.24, 2.45) is 0 Å². The maximum Gasteiger partial charge on any atom is 0.162 e. The van der Waals surface area contributed by atoms with E-state index in [1.807, 2.05) is 0 Å². The van der Waals surface area contributed by atoms with Crippen LogP contribution in [-0.2, 0) is 6.54 Å². The molecule has 0 saturated carbocycles. The minimum atomic E-state index is 0.586. The van der Waals surface area contributed by atoms with E-state index in [4.69, 9.17) is 9.47 Å². The second-order valence-electron chi connectivity index (χ2n) is 5.56. The number of thioether (sulfide) groups is 1. The maximum atomic E-state index is 5.67. The topological polar surface area (TPSA) is 33.7 Å².